The maximum atomic E-state index is 12.7. The number of amides is 1. The van der Waals surface area contributed by atoms with Crippen LogP contribution < -0.4 is 14.8 Å². The average Bonchev–Trinajstić information content (AvgIpc) is 3.04. The molecule has 1 N–H and O–H groups in total. The summed E-state index contributed by atoms with van der Waals surface area (Å²) in [6, 6.07) is 7.80. The van der Waals surface area contributed by atoms with Crippen molar-refractivity contribution in [3.8, 4) is 17.6 Å². The van der Waals surface area contributed by atoms with E-state index in [9.17, 15) is 9.59 Å². The van der Waals surface area contributed by atoms with E-state index < -0.39 is 4.87 Å². The van der Waals surface area contributed by atoms with Gasteiger partial charge in [0.2, 0.25) is 0 Å². The first-order chi connectivity index (χ1) is 13.4. The highest BCUT2D eigenvalue weighted by Crippen LogP contribution is 2.49. The van der Waals surface area contributed by atoms with Gasteiger partial charge in [-0.1, -0.05) is 6.07 Å². The molecule has 0 spiro atoms. The molecule has 7 nitrogen and oxygen atoms in total. The number of aldehydes is 1. The first kappa shape index (κ1) is 22.1. The van der Waals surface area contributed by atoms with Crippen molar-refractivity contribution in [3.05, 3.63) is 23.8 Å². The number of fused-ring (bicyclic) bond motifs is 1. The summed E-state index contributed by atoms with van der Waals surface area (Å²) < 4.78 is 11.3. The molecule has 2 aliphatic rings. The van der Waals surface area contributed by atoms with E-state index in [0.29, 0.717) is 19.6 Å². The number of hydrogen-bond donors (Lipinski definition) is 1. The zero-order chi connectivity index (χ0) is 20.7. The van der Waals surface area contributed by atoms with E-state index in [1.54, 1.807) is 13.1 Å². The first-order valence-electron chi connectivity index (χ1n) is 9.22. The van der Waals surface area contributed by atoms with Crippen LogP contribution in [-0.2, 0) is 9.59 Å². The van der Waals surface area contributed by atoms with Crippen LogP contribution in [0.4, 0.5) is 0 Å². The van der Waals surface area contributed by atoms with Gasteiger partial charge in [-0.15, -0.1) is 11.8 Å². The quantitative estimate of drug-likeness (QED) is 0.753. The largest absolute Gasteiger partial charge is 0.486 e. The molecule has 1 aromatic carbocycles. The minimum atomic E-state index is -0.743. The van der Waals surface area contributed by atoms with Crippen LogP contribution in [0, 0.1) is 11.3 Å². The summed E-state index contributed by atoms with van der Waals surface area (Å²) in [5.74, 6) is 1.45. The Hall–Kier alpha value is -2.24. The second-order valence-electron chi connectivity index (χ2n) is 6.61. The van der Waals surface area contributed by atoms with Gasteiger partial charge in [0.25, 0.3) is 5.91 Å². The molecule has 1 aromatic rings. The molecule has 0 bridgehead atoms. The Morgan fingerprint density at radius 2 is 2.07 bits per heavy atom. The molecule has 1 saturated heterocycles. The highest BCUT2D eigenvalue weighted by molar-refractivity contribution is 8.02. The molecule has 0 saturated carbocycles. The Morgan fingerprint density at radius 3 is 2.68 bits per heavy atom. The summed E-state index contributed by atoms with van der Waals surface area (Å²) in [7, 11) is 3.59. The third-order valence-corrected chi connectivity index (χ3v) is 6.45. The SMILES string of the molecule is CC#N.CNC(=O)C1(SC(C)C=O)CCC(c2ccc3c(c2)OCCO3)N1C. The molecule has 3 rings (SSSR count). The summed E-state index contributed by atoms with van der Waals surface area (Å²) >= 11 is 1.41. The molecule has 152 valence electrons. The van der Waals surface area contributed by atoms with Crippen LogP contribution in [0.15, 0.2) is 18.2 Å². The van der Waals surface area contributed by atoms with Crippen molar-refractivity contribution in [2.45, 2.75) is 42.9 Å². The molecule has 3 atom stereocenters. The van der Waals surface area contributed by atoms with Gasteiger partial charge in [-0.25, -0.2) is 0 Å². The summed E-state index contributed by atoms with van der Waals surface area (Å²) in [4.78, 5) is 25.2. The number of nitriles is 1. The lowest BCUT2D eigenvalue weighted by molar-refractivity contribution is -0.126. The Labute approximate surface area is 170 Å². The monoisotopic (exact) mass is 405 g/mol. The van der Waals surface area contributed by atoms with Crippen molar-refractivity contribution in [1.82, 2.24) is 10.2 Å². The van der Waals surface area contributed by atoms with E-state index in [1.165, 1.54) is 18.7 Å². The summed E-state index contributed by atoms with van der Waals surface area (Å²) in [5, 5.41) is 9.84. The van der Waals surface area contributed by atoms with E-state index in [-0.39, 0.29) is 17.2 Å². The molecule has 8 heteroatoms. The lowest BCUT2D eigenvalue weighted by atomic mass is 10.0. The van der Waals surface area contributed by atoms with E-state index in [2.05, 4.69) is 10.2 Å². The first-order valence-corrected chi connectivity index (χ1v) is 10.1. The molecule has 0 aliphatic carbocycles. The van der Waals surface area contributed by atoms with Crippen molar-refractivity contribution in [3.63, 3.8) is 0 Å². The predicted octanol–water partition coefficient (Wildman–Crippen LogP) is 2.52. The van der Waals surface area contributed by atoms with Crippen LogP contribution >= 0.6 is 11.8 Å². The number of hydrogen-bond acceptors (Lipinski definition) is 7. The van der Waals surface area contributed by atoms with Gasteiger partial charge in [0.05, 0.1) is 11.3 Å². The van der Waals surface area contributed by atoms with Gasteiger partial charge in [0, 0.05) is 20.0 Å². The Morgan fingerprint density at radius 1 is 1.43 bits per heavy atom. The molecule has 1 amide bonds. The minimum Gasteiger partial charge on any atom is -0.486 e. The number of likely N-dealkylation sites (N-methyl/N-ethyl adjacent to an activating group) is 2. The topological polar surface area (TPSA) is 91.7 Å². The highest BCUT2D eigenvalue weighted by atomic mass is 32.2. The lowest BCUT2D eigenvalue weighted by Crippen LogP contribution is -2.52. The number of thioether (sulfide) groups is 1. The summed E-state index contributed by atoms with van der Waals surface area (Å²) in [6.07, 6.45) is 2.41. The normalized spacial score (nSPS) is 24.3. The minimum absolute atomic E-state index is 0.0613. The molecule has 1 fully saturated rings. The fraction of sp³-hybridized carbons (Fsp3) is 0.550. The lowest BCUT2D eigenvalue weighted by Gasteiger charge is -2.37. The number of carbonyl (C=O) groups excluding carboxylic acids is 2. The van der Waals surface area contributed by atoms with Crippen molar-refractivity contribution >= 4 is 24.0 Å². The van der Waals surface area contributed by atoms with E-state index >= 15 is 0 Å². The van der Waals surface area contributed by atoms with Crippen LogP contribution in [0.25, 0.3) is 0 Å². The standard InChI is InChI=1S/C18H24N2O4S.C2H3N/c1-12(11-21)25-18(17(22)19-2)7-6-14(20(18)3)13-4-5-15-16(10-13)24-9-8-23-15;1-2-3/h4-5,10-12,14H,6-9H2,1-3H3,(H,19,22);1H3. The van der Waals surface area contributed by atoms with Crippen molar-refractivity contribution in [2.24, 2.45) is 0 Å². The summed E-state index contributed by atoms with van der Waals surface area (Å²) in [6.45, 7) is 4.37. The molecular weight excluding hydrogens is 378 g/mol. The molecule has 0 aromatic heterocycles. The Balaban J connectivity index is 0.000000878. The smallest absolute Gasteiger partial charge is 0.250 e. The van der Waals surface area contributed by atoms with Crippen LogP contribution in [0.5, 0.6) is 11.5 Å². The van der Waals surface area contributed by atoms with Gasteiger partial charge in [0.1, 0.15) is 24.4 Å². The van der Waals surface area contributed by atoms with Crippen molar-refractivity contribution < 1.29 is 19.1 Å². The van der Waals surface area contributed by atoms with Crippen LogP contribution in [-0.4, -0.2) is 54.5 Å². The number of rotatable bonds is 5. The zero-order valence-electron chi connectivity index (χ0n) is 16.7. The fourth-order valence-corrected chi connectivity index (χ4v) is 5.02. The third kappa shape index (κ3) is 4.42. The van der Waals surface area contributed by atoms with Gasteiger partial charge in [0.15, 0.2) is 11.5 Å². The predicted molar refractivity (Wildman–Crippen MR) is 108 cm³/mol. The van der Waals surface area contributed by atoms with Crippen LogP contribution in [0.2, 0.25) is 0 Å². The molecule has 3 unspecified atom stereocenters. The number of carbonyl (C=O) groups is 2. The number of likely N-dealkylation sites (tertiary alicyclic amines) is 1. The molecule has 2 heterocycles. The van der Waals surface area contributed by atoms with Crippen LogP contribution in [0.3, 0.4) is 0 Å². The number of benzene rings is 1. The maximum Gasteiger partial charge on any atom is 0.250 e. The van der Waals surface area contributed by atoms with E-state index in [1.807, 2.05) is 32.2 Å². The Kier molecular flexibility index (Phi) is 7.72. The zero-order valence-corrected chi connectivity index (χ0v) is 17.5. The highest BCUT2D eigenvalue weighted by Gasteiger charge is 2.51. The summed E-state index contributed by atoms with van der Waals surface area (Å²) in [5.41, 5.74) is 1.09. The number of nitrogens with zero attached hydrogens (tertiary/aromatic N) is 2. The third-order valence-electron chi connectivity index (χ3n) is 4.90. The van der Waals surface area contributed by atoms with Gasteiger partial charge in [-0.2, -0.15) is 5.26 Å². The molecule has 2 aliphatic heterocycles. The van der Waals surface area contributed by atoms with Gasteiger partial charge < -0.3 is 19.6 Å². The average molecular weight is 406 g/mol. The number of ether oxygens (including phenoxy) is 2. The van der Waals surface area contributed by atoms with E-state index in [4.69, 9.17) is 14.7 Å². The van der Waals surface area contributed by atoms with Gasteiger partial charge in [-0.05, 0) is 44.5 Å². The van der Waals surface area contributed by atoms with Gasteiger partial charge >= 0.3 is 0 Å². The molecule has 0 radical (unpaired) electrons. The van der Waals surface area contributed by atoms with Crippen molar-refractivity contribution in [2.75, 3.05) is 27.3 Å². The van der Waals surface area contributed by atoms with Crippen molar-refractivity contribution in [1.29, 1.82) is 5.26 Å². The van der Waals surface area contributed by atoms with Gasteiger partial charge in [-0.3, -0.25) is 9.69 Å². The second kappa shape index (κ2) is 9.80. The number of nitrogens with one attached hydrogen (secondary N) is 1. The van der Waals surface area contributed by atoms with Crippen LogP contribution in [0.1, 0.15) is 38.3 Å². The second-order valence-corrected chi connectivity index (χ2v) is 8.27. The Bertz CT molecular complexity index is 751. The molecular formula is C20H27N3O4S. The van der Waals surface area contributed by atoms with E-state index in [0.717, 1.165) is 29.8 Å². The maximum absolute atomic E-state index is 12.7. The molecule has 28 heavy (non-hydrogen) atoms. The fourth-order valence-electron chi connectivity index (χ4n) is 3.61.